The lowest BCUT2D eigenvalue weighted by Gasteiger charge is -2.35. The van der Waals surface area contributed by atoms with Crippen molar-refractivity contribution in [1.82, 2.24) is 5.32 Å². The van der Waals surface area contributed by atoms with E-state index >= 15 is 0 Å². The molecule has 0 amide bonds. The highest BCUT2D eigenvalue weighted by Gasteiger charge is 2.42. The lowest BCUT2D eigenvalue weighted by molar-refractivity contribution is 0.262. The third kappa shape index (κ3) is 3.06. The van der Waals surface area contributed by atoms with Gasteiger partial charge < -0.3 is 11.1 Å². The molecular weight excluding hydrogens is 275 g/mol. The molecule has 2 aromatic rings. The van der Waals surface area contributed by atoms with E-state index in [0.29, 0.717) is 12.5 Å². The normalized spacial score (nSPS) is 24.5. The molecule has 0 aromatic heterocycles. The van der Waals surface area contributed by atoms with Gasteiger partial charge in [-0.15, -0.1) is 0 Å². The lowest BCUT2D eigenvalue weighted by Crippen LogP contribution is -2.34. The van der Waals surface area contributed by atoms with Crippen LogP contribution in [0.15, 0.2) is 54.6 Å². The van der Waals surface area contributed by atoms with Gasteiger partial charge in [0.1, 0.15) is 5.82 Å². The molecule has 0 bridgehead atoms. The third-order valence-electron chi connectivity index (χ3n) is 4.88. The summed E-state index contributed by atoms with van der Waals surface area (Å²) >= 11 is 0. The smallest absolute Gasteiger partial charge is 0.123 e. The summed E-state index contributed by atoms with van der Waals surface area (Å²) in [5.74, 6) is 0.194. The molecule has 0 aliphatic carbocycles. The lowest BCUT2D eigenvalue weighted by atomic mass is 9.68. The molecule has 0 radical (unpaired) electrons. The molecule has 3 N–H and O–H groups in total. The fourth-order valence-electron chi connectivity index (χ4n) is 3.80. The topological polar surface area (TPSA) is 38.0 Å². The maximum absolute atomic E-state index is 13.2. The van der Waals surface area contributed by atoms with Gasteiger partial charge in [0.05, 0.1) is 0 Å². The fraction of sp³-hybridized carbons (Fsp3) is 0.368. The predicted octanol–water partition coefficient (Wildman–Crippen LogP) is 3.09. The van der Waals surface area contributed by atoms with Gasteiger partial charge in [-0.2, -0.15) is 0 Å². The first-order chi connectivity index (χ1) is 10.7. The third-order valence-corrected chi connectivity index (χ3v) is 4.88. The van der Waals surface area contributed by atoms with E-state index in [9.17, 15) is 4.39 Å². The molecule has 0 saturated carbocycles. The van der Waals surface area contributed by atoms with E-state index in [1.807, 2.05) is 18.2 Å². The van der Waals surface area contributed by atoms with Crippen LogP contribution in [0.25, 0.3) is 0 Å². The number of hydrogen-bond donors (Lipinski definition) is 2. The summed E-state index contributed by atoms with van der Waals surface area (Å²) in [6.45, 7) is 2.56. The SMILES string of the molecule is NCC[C@]1(Cc2ccccc2)CNC[C@@H]1c1ccc(F)cc1. The van der Waals surface area contributed by atoms with E-state index in [0.717, 1.165) is 25.9 Å². The maximum Gasteiger partial charge on any atom is 0.123 e. The number of hydrogen-bond acceptors (Lipinski definition) is 2. The summed E-state index contributed by atoms with van der Waals surface area (Å²) in [6, 6.07) is 17.5. The van der Waals surface area contributed by atoms with Crippen molar-refractivity contribution < 1.29 is 4.39 Å². The van der Waals surface area contributed by atoms with Crippen LogP contribution < -0.4 is 11.1 Å². The summed E-state index contributed by atoms with van der Waals surface area (Å²) in [6.07, 6.45) is 1.97. The Kier molecular flexibility index (Phi) is 4.55. The maximum atomic E-state index is 13.2. The van der Waals surface area contributed by atoms with Crippen LogP contribution in [0.4, 0.5) is 4.39 Å². The second-order valence-electron chi connectivity index (χ2n) is 6.30. The Hall–Kier alpha value is -1.71. The standard InChI is InChI=1S/C19H23FN2/c20-17-8-6-16(7-9-17)18-13-22-14-19(18,10-11-21)12-15-4-2-1-3-5-15/h1-9,18,22H,10-14,21H2/t18-,19+/m1/s1. The molecule has 2 nitrogen and oxygen atoms in total. The van der Waals surface area contributed by atoms with Crippen LogP contribution in [-0.4, -0.2) is 19.6 Å². The van der Waals surface area contributed by atoms with Gasteiger partial charge in [0, 0.05) is 19.0 Å². The highest BCUT2D eigenvalue weighted by molar-refractivity contribution is 5.28. The Bertz CT molecular complexity index is 597. The van der Waals surface area contributed by atoms with Crippen molar-refractivity contribution in [1.29, 1.82) is 0 Å². The molecule has 1 heterocycles. The number of benzene rings is 2. The molecule has 1 aliphatic rings. The molecule has 1 aliphatic heterocycles. The summed E-state index contributed by atoms with van der Waals surface area (Å²) < 4.78 is 13.2. The van der Waals surface area contributed by atoms with E-state index in [4.69, 9.17) is 5.73 Å². The van der Waals surface area contributed by atoms with Crippen LogP contribution in [0, 0.1) is 11.2 Å². The summed E-state index contributed by atoms with van der Waals surface area (Å²) in [4.78, 5) is 0. The summed E-state index contributed by atoms with van der Waals surface area (Å²) in [7, 11) is 0. The quantitative estimate of drug-likeness (QED) is 0.890. The minimum atomic E-state index is -0.179. The van der Waals surface area contributed by atoms with Crippen molar-refractivity contribution in [2.75, 3.05) is 19.6 Å². The Labute approximate surface area is 131 Å². The summed E-state index contributed by atoms with van der Waals surface area (Å²) in [5.41, 5.74) is 8.57. The van der Waals surface area contributed by atoms with Gasteiger partial charge in [-0.25, -0.2) is 4.39 Å². The van der Waals surface area contributed by atoms with Crippen LogP contribution in [-0.2, 0) is 6.42 Å². The molecule has 22 heavy (non-hydrogen) atoms. The highest BCUT2D eigenvalue weighted by Crippen LogP contribution is 2.44. The molecule has 0 unspecified atom stereocenters. The second kappa shape index (κ2) is 6.59. The predicted molar refractivity (Wildman–Crippen MR) is 88.3 cm³/mol. The molecule has 1 saturated heterocycles. The molecule has 2 aromatic carbocycles. The van der Waals surface area contributed by atoms with E-state index in [-0.39, 0.29) is 11.2 Å². The number of nitrogens with two attached hydrogens (primary N) is 1. The number of nitrogens with one attached hydrogen (secondary N) is 1. The van der Waals surface area contributed by atoms with Gasteiger partial charge in [-0.3, -0.25) is 0 Å². The average molecular weight is 298 g/mol. The van der Waals surface area contributed by atoms with E-state index < -0.39 is 0 Å². The molecule has 116 valence electrons. The largest absolute Gasteiger partial charge is 0.330 e. The first-order valence-electron chi connectivity index (χ1n) is 7.94. The van der Waals surface area contributed by atoms with Gasteiger partial charge in [0.15, 0.2) is 0 Å². The zero-order valence-corrected chi connectivity index (χ0v) is 12.8. The molecule has 2 atom stereocenters. The van der Waals surface area contributed by atoms with Crippen LogP contribution >= 0.6 is 0 Å². The van der Waals surface area contributed by atoms with Crippen molar-refractivity contribution in [3.05, 3.63) is 71.5 Å². The fourth-order valence-corrected chi connectivity index (χ4v) is 3.80. The van der Waals surface area contributed by atoms with Crippen LogP contribution in [0.5, 0.6) is 0 Å². The number of rotatable bonds is 5. The number of halogens is 1. The molecular formula is C19H23FN2. The van der Waals surface area contributed by atoms with Crippen molar-refractivity contribution in [2.45, 2.75) is 18.8 Å². The summed E-state index contributed by atoms with van der Waals surface area (Å²) in [5, 5.41) is 3.53. The monoisotopic (exact) mass is 298 g/mol. The van der Waals surface area contributed by atoms with Crippen LogP contribution in [0.3, 0.4) is 0 Å². The van der Waals surface area contributed by atoms with Crippen molar-refractivity contribution >= 4 is 0 Å². The second-order valence-corrected chi connectivity index (χ2v) is 6.30. The van der Waals surface area contributed by atoms with Gasteiger partial charge in [0.2, 0.25) is 0 Å². The Morgan fingerprint density at radius 1 is 1.09 bits per heavy atom. The van der Waals surface area contributed by atoms with Gasteiger partial charge >= 0.3 is 0 Å². The van der Waals surface area contributed by atoms with E-state index in [2.05, 4.69) is 29.6 Å². The first-order valence-corrected chi connectivity index (χ1v) is 7.94. The molecule has 3 heteroatoms. The Balaban J connectivity index is 1.92. The zero-order valence-electron chi connectivity index (χ0n) is 12.8. The van der Waals surface area contributed by atoms with Gasteiger partial charge in [-0.1, -0.05) is 42.5 Å². The zero-order chi connectivity index (χ0) is 15.4. The average Bonchev–Trinajstić information content (AvgIpc) is 2.93. The minimum absolute atomic E-state index is 0.105. The molecule has 3 rings (SSSR count). The Morgan fingerprint density at radius 3 is 2.50 bits per heavy atom. The van der Waals surface area contributed by atoms with E-state index in [1.54, 1.807) is 12.1 Å². The van der Waals surface area contributed by atoms with Crippen LogP contribution in [0.2, 0.25) is 0 Å². The van der Waals surface area contributed by atoms with Gasteiger partial charge in [-0.05, 0) is 48.1 Å². The van der Waals surface area contributed by atoms with Gasteiger partial charge in [0.25, 0.3) is 0 Å². The molecule has 1 fully saturated rings. The Morgan fingerprint density at radius 2 is 1.82 bits per heavy atom. The highest BCUT2D eigenvalue weighted by atomic mass is 19.1. The molecule has 0 spiro atoms. The van der Waals surface area contributed by atoms with Crippen molar-refractivity contribution in [3.63, 3.8) is 0 Å². The van der Waals surface area contributed by atoms with E-state index in [1.165, 1.54) is 11.1 Å². The first kappa shape index (κ1) is 15.2. The van der Waals surface area contributed by atoms with Crippen LogP contribution in [0.1, 0.15) is 23.5 Å². The minimum Gasteiger partial charge on any atom is -0.330 e. The van der Waals surface area contributed by atoms with Crippen molar-refractivity contribution in [2.24, 2.45) is 11.1 Å². The van der Waals surface area contributed by atoms with Crippen molar-refractivity contribution in [3.8, 4) is 0 Å².